The number of anilines is 6. The second-order valence-electron chi connectivity index (χ2n) is 14.9. The molecule has 0 N–H and O–H groups in total. The number of carbonyl (C=O) groups excluding carboxylic acids is 2. The molecule has 344 valence electrons. The van der Waals surface area contributed by atoms with Gasteiger partial charge in [0.1, 0.15) is 23.0 Å². The van der Waals surface area contributed by atoms with Crippen molar-refractivity contribution in [3.05, 3.63) is 214 Å². The van der Waals surface area contributed by atoms with Crippen molar-refractivity contribution in [3.8, 4) is 23.0 Å². The van der Waals surface area contributed by atoms with Gasteiger partial charge in [-0.3, -0.25) is 9.59 Å². The fraction of sp³-hybridized carbons (Fsp3) is 0.138. The van der Waals surface area contributed by atoms with Crippen LogP contribution in [0, 0.1) is 0 Å². The molecule has 2 aromatic heterocycles. The van der Waals surface area contributed by atoms with E-state index in [1.165, 1.54) is 22.7 Å². The smallest absolute Gasteiger partial charge is 0.195 e. The first-order valence-corrected chi connectivity index (χ1v) is 24.3. The van der Waals surface area contributed by atoms with Crippen LogP contribution >= 0.6 is 22.7 Å². The third kappa shape index (κ3) is 13.2. The summed E-state index contributed by atoms with van der Waals surface area (Å²) < 4.78 is 22.5. The minimum absolute atomic E-state index is 0.0180. The first kappa shape index (κ1) is 48.3. The molecule has 0 spiro atoms. The minimum Gasteiger partial charge on any atom is -0.494 e. The average molecular weight is 939 g/mol. The molecule has 0 aliphatic rings. The number of ketones is 2. The first-order chi connectivity index (χ1) is 33.3. The maximum Gasteiger partial charge on any atom is 0.195 e. The van der Waals surface area contributed by atoms with Crippen molar-refractivity contribution in [2.24, 2.45) is 0 Å². The van der Waals surface area contributed by atoms with Crippen LogP contribution in [0.15, 0.2) is 193 Å². The summed E-state index contributed by atoms with van der Waals surface area (Å²) in [7, 11) is 0. The summed E-state index contributed by atoms with van der Waals surface area (Å²) in [4.78, 5) is 30.4. The second-order valence-corrected chi connectivity index (χ2v) is 16.8. The van der Waals surface area contributed by atoms with Gasteiger partial charge in [-0.2, -0.15) is 0 Å². The molecule has 8 nitrogen and oxygen atoms in total. The van der Waals surface area contributed by atoms with Crippen LogP contribution in [0.2, 0.25) is 0 Å². The van der Waals surface area contributed by atoms with Crippen molar-refractivity contribution in [1.82, 2.24) is 0 Å². The number of nitrogens with zero attached hydrogens (tertiary/aromatic N) is 2. The van der Waals surface area contributed by atoms with Crippen molar-refractivity contribution >= 4 is 80.5 Å². The second kappa shape index (κ2) is 24.7. The van der Waals surface area contributed by atoms with Gasteiger partial charge in [0.25, 0.3) is 0 Å². The molecule has 0 amide bonds. The van der Waals surface area contributed by atoms with E-state index in [2.05, 4.69) is 82.6 Å². The lowest BCUT2D eigenvalue weighted by molar-refractivity contribution is 0.104. The van der Waals surface area contributed by atoms with Crippen molar-refractivity contribution in [2.45, 2.75) is 27.7 Å². The van der Waals surface area contributed by atoms with Crippen LogP contribution in [0.3, 0.4) is 0 Å². The Balaban J connectivity index is 0.000000201. The maximum absolute atomic E-state index is 12.3. The predicted molar refractivity (Wildman–Crippen MR) is 282 cm³/mol. The molecule has 0 aliphatic carbocycles. The molecule has 0 radical (unpaired) electrons. The highest BCUT2D eigenvalue weighted by Crippen LogP contribution is 2.38. The highest BCUT2D eigenvalue weighted by Gasteiger charge is 2.15. The normalized spacial score (nSPS) is 10.9. The van der Waals surface area contributed by atoms with E-state index >= 15 is 0 Å². The fourth-order valence-electron chi connectivity index (χ4n) is 7.14. The largest absolute Gasteiger partial charge is 0.494 e. The number of ether oxygens (including phenoxy) is 4. The molecule has 10 heteroatoms. The molecule has 0 saturated heterocycles. The summed E-state index contributed by atoms with van der Waals surface area (Å²) >= 11 is 2.90. The van der Waals surface area contributed by atoms with E-state index in [4.69, 9.17) is 18.9 Å². The number of carbonyl (C=O) groups is 2. The number of hydrogen-bond donors (Lipinski definition) is 0. The van der Waals surface area contributed by atoms with E-state index in [1.54, 1.807) is 12.2 Å². The van der Waals surface area contributed by atoms with Crippen LogP contribution in [0.4, 0.5) is 34.1 Å². The summed E-state index contributed by atoms with van der Waals surface area (Å²) in [5.41, 5.74) is 8.02. The van der Waals surface area contributed by atoms with E-state index in [0.717, 1.165) is 78.0 Å². The van der Waals surface area contributed by atoms with E-state index in [1.807, 2.05) is 148 Å². The Morgan fingerprint density at radius 3 is 0.853 bits per heavy atom. The predicted octanol–water partition coefficient (Wildman–Crippen LogP) is 15.8. The topological polar surface area (TPSA) is 77.5 Å². The highest BCUT2D eigenvalue weighted by molar-refractivity contribution is 7.12. The quantitative estimate of drug-likeness (QED) is 0.0552. The molecule has 0 bridgehead atoms. The van der Waals surface area contributed by atoms with Gasteiger partial charge in [0.2, 0.25) is 0 Å². The Hall–Kier alpha value is -7.66. The van der Waals surface area contributed by atoms with Crippen molar-refractivity contribution in [3.63, 3.8) is 0 Å². The van der Waals surface area contributed by atoms with Crippen molar-refractivity contribution in [1.29, 1.82) is 0 Å². The molecule has 0 atom stereocenters. The van der Waals surface area contributed by atoms with Gasteiger partial charge in [-0.1, -0.05) is 48.6 Å². The van der Waals surface area contributed by atoms with Gasteiger partial charge in [-0.05, 0) is 195 Å². The average Bonchev–Trinajstić information content (AvgIpc) is 4.13. The van der Waals surface area contributed by atoms with Crippen LogP contribution in [0.1, 0.15) is 58.2 Å². The van der Waals surface area contributed by atoms with Gasteiger partial charge in [-0.25, -0.2) is 0 Å². The highest BCUT2D eigenvalue weighted by atomic mass is 32.1. The molecular weight excluding hydrogens is 885 g/mol. The zero-order chi connectivity index (χ0) is 47.5. The summed E-state index contributed by atoms with van der Waals surface area (Å²) in [6, 6.07) is 56.0. The number of allylic oxidation sites excluding steroid dienone is 2. The third-order valence-electron chi connectivity index (χ3n) is 10.3. The van der Waals surface area contributed by atoms with Crippen LogP contribution in [0.5, 0.6) is 23.0 Å². The van der Waals surface area contributed by atoms with Crippen molar-refractivity contribution < 1.29 is 28.5 Å². The summed E-state index contributed by atoms with van der Waals surface area (Å²) in [5.74, 6) is 3.40. The maximum atomic E-state index is 12.3. The Bertz CT molecular complexity index is 2520. The van der Waals surface area contributed by atoms with Crippen LogP contribution in [-0.4, -0.2) is 38.0 Å². The van der Waals surface area contributed by atoms with Gasteiger partial charge in [0, 0.05) is 34.1 Å². The molecule has 0 fully saturated rings. The van der Waals surface area contributed by atoms with Crippen LogP contribution in [-0.2, 0) is 0 Å². The molecule has 8 rings (SSSR count). The SMILES string of the molecule is CCOc1ccc(N(c2ccc(/C=C/C(=O)c3cccs3)cc2)c2ccc(OCC)cc2)cc1.CCOc1ccc(N(c2ccc(/C=C/C(=O)c3cccs3)cc2)c2ccc(OCC)cc2)cc1. The Morgan fingerprint density at radius 1 is 0.382 bits per heavy atom. The standard InChI is InChI=1S/2C29H27NO3S/c2*1-3-32-26-16-12-24(13-17-26)30(25-14-18-27(19-15-25)33-4-2)23-10-7-22(8-11-23)9-20-28(31)29-6-5-21-34-29/h2*5-21H,3-4H2,1-2H3/b2*20-9+. The lowest BCUT2D eigenvalue weighted by atomic mass is 10.1. The monoisotopic (exact) mass is 938 g/mol. The molecule has 68 heavy (non-hydrogen) atoms. The van der Waals surface area contributed by atoms with E-state index in [-0.39, 0.29) is 11.6 Å². The molecule has 6 aromatic carbocycles. The van der Waals surface area contributed by atoms with Gasteiger partial charge in [-0.15, -0.1) is 22.7 Å². The zero-order valence-electron chi connectivity index (χ0n) is 38.6. The minimum atomic E-state index is 0.0180. The summed E-state index contributed by atoms with van der Waals surface area (Å²) in [6.07, 6.45) is 6.95. The van der Waals surface area contributed by atoms with Gasteiger partial charge < -0.3 is 28.7 Å². The number of rotatable bonds is 20. The number of benzene rings is 6. The van der Waals surface area contributed by atoms with Gasteiger partial charge >= 0.3 is 0 Å². The van der Waals surface area contributed by atoms with E-state index in [0.29, 0.717) is 26.4 Å². The number of hydrogen-bond acceptors (Lipinski definition) is 10. The third-order valence-corrected chi connectivity index (χ3v) is 12.1. The molecule has 8 aromatic rings. The van der Waals surface area contributed by atoms with Crippen molar-refractivity contribution in [2.75, 3.05) is 36.2 Å². The molecule has 0 saturated carbocycles. The Labute approximate surface area is 407 Å². The first-order valence-electron chi connectivity index (χ1n) is 22.6. The lowest BCUT2D eigenvalue weighted by Crippen LogP contribution is -2.10. The lowest BCUT2D eigenvalue weighted by Gasteiger charge is -2.26. The van der Waals surface area contributed by atoms with E-state index in [9.17, 15) is 9.59 Å². The van der Waals surface area contributed by atoms with Crippen LogP contribution < -0.4 is 28.7 Å². The Kier molecular flexibility index (Phi) is 17.6. The molecular formula is C58H54N2O6S2. The summed E-state index contributed by atoms with van der Waals surface area (Å²) in [5, 5.41) is 3.82. The molecule has 0 aliphatic heterocycles. The van der Waals surface area contributed by atoms with Gasteiger partial charge in [0.05, 0.1) is 36.2 Å². The van der Waals surface area contributed by atoms with Crippen LogP contribution in [0.25, 0.3) is 12.2 Å². The number of thiophene rings is 2. The summed E-state index contributed by atoms with van der Waals surface area (Å²) in [6.45, 7) is 10.4. The molecule has 2 heterocycles. The van der Waals surface area contributed by atoms with E-state index < -0.39 is 0 Å². The Morgan fingerprint density at radius 2 is 0.632 bits per heavy atom. The van der Waals surface area contributed by atoms with Gasteiger partial charge in [0.15, 0.2) is 11.6 Å². The zero-order valence-corrected chi connectivity index (χ0v) is 40.3. The fourth-order valence-corrected chi connectivity index (χ4v) is 8.43. The molecule has 0 unspecified atom stereocenters.